The zero-order valence-corrected chi connectivity index (χ0v) is 9.42. The first kappa shape index (κ1) is 12.4. The van der Waals surface area contributed by atoms with Gasteiger partial charge in [0.15, 0.2) is 0 Å². The Labute approximate surface area is 89.2 Å². The molecule has 1 rings (SSSR count). The molecule has 2 atom stereocenters. The number of nitrogens with two attached hydrogens (primary N) is 1. The minimum absolute atomic E-state index is 0.0811. The molecule has 0 aromatic carbocycles. The molecule has 6 nitrogen and oxygen atoms in total. The number of carbonyl (C=O) groups is 1. The second kappa shape index (κ2) is 4.91. The number of esters is 1. The maximum Gasteiger partial charge on any atom is 0.306 e. The van der Waals surface area contributed by atoms with Crippen molar-refractivity contribution in [3.63, 3.8) is 0 Å². The van der Waals surface area contributed by atoms with Crippen molar-refractivity contribution in [1.29, 1.82) is 0 Å². The van der Waals surface area contributed by atoms with E-state index in [2.05, 4.69) is 9.46 Å². The van der Waals surface area contributed by atoms with Crippen molar-refractivity contribution in [3.8, 4) is 0 Å². The molecule has 1 fully saturated rings. The monoisotopic (exact) mass is 236 g/mol. The molecule has 0 heterocycles. The van der Waals surface area contributed by atoms with Gasteiger partial charge in [0.2, 0.25) is 10.0 Å². The standard InChI is InChI=1S/C8H16N2O4S/c1-2-14-8(11)3-4-15(12,13)10-7-5-6(7)9/h6-7,10H,2-5,9H2,1H3. The first-order valence-electron chi connectivity index (χ1n) is 4.86. The lowest BCUT2D eigenvalue weighted by molar-refractivity contribution is -0.142. The number of hydrogen-bond donors (Lipinski definition) is 2. The van der Waals surface area contributed by atoms with Gasteiger partial charge in [-0.25, -0.2) is 13.1 Å². The van der Waals surface area contributed by atoms with E-state index in [0.29, 0.717) is 6.42 Å². The normalized spacial score (nSPS) is 24.9. The maximum atomic E-state index is 11.4. The Hall–Kier alpha value is -0.660. The van der Waals surface area contributed by atoms with Crippen molar-refractivity contribution in [1.82, 2.24) is 4.72 Å². The van der Waals surface area contributed by atoms with Crippen LogP contribution in [0.15, 0.2) is 0 Å². The third-order valence-electron chi connectivity index (χ3n) is 2.05. The summed E-state index contributed by atoms with van der Waals surface area (Å²) >= 11 is 0. The highest BCUT2D eigenvalue weighted by molar-refractivity contribution is 7.89. The maximum absolute atomic E-state index is 11.4. The summed E-state index contributed by atoms with van der Waals surface area (Å²) in [6, 6.07) is -0.237. The van der Waals surface area contributed by atoms with E-state index in [1.54, 1.807) is 6.92 Å². The molecule has 1 aliphatic carbocycles. The molecule has 15 heavy (non-hydrogen) atoms. The molecule has 0 aromatic rings. The zero-order chi connectivity index (χ0) is 11.5. The van der Waals surface area contributed by atoms with Gasteiger partial charge in [-0.15, -0.1) is 0 Å². The van der Waals surface area contributed by atoms with Crippen LogP contribution in [0.2, 0.25) is 0 Å². The van der Waals surface area contributed by atoms with Gasteiger partial charge in [0, 0.05) is 12.1 Å². The number of sulfonamides is 1. The first-order valence-corrected chi connectivity index (χ1v) is 6.51. The summed E-state index contributed by atoms with van der Waals surface area (Å²) < 4.78 is 29.8. The van der Waals surface area contributed by atoms with Crippen LogP contribution in [0.25, 0.3) is 0 Å². The Morgan fingerprint density at radius 2 is 2.20 bits per heavy atom. The number of carbonyl (C=O) groups excluding carboxylic acids is 1. The quantitative estimate of drug-likeness (QED) is 0.574. The molecule has 0 amide bonds. The SMILES string of the molecule is CCOC(=O)CCS(=O)(=O)NC1CC1N. The molecular formula is C8H16N2O4S. The molecule has 0 spiro atoms. The van der Waals surface area contributed by atoms with E-state index in [9.17, 15) is 13.2 Å². The highest BCUT2D eigenvalue weighted by atomic mass is 32.2. The minimum atomic E-state index is -3.40. The number of rotatable bonds is 6. The molecule has 1 aliphatic rings. The van der Waals surface area contributed by atoms with E-state index < -0.39 is 16.0 Å². The van der Waals surface area contributed by atoms with Gasteiger partial charge in [-0.1, -0.05) is 0 Å². The molecule has 0 bridgehead atoms. The Balaban J connectivity index is 2.27. The van der Waals surface area contributed by atoms with Crippen LogP contribution in [-0.2, 0) is 19.6 Å². The zero-order valence-electron chi connectivity index (χ0n) is 8.60. The molecule has 0 radical (unpaired) electrons. The lowest BCUT2D eigenvalue weighted by Crippen LogP contribution is -2.32. The third-order valence-corrected chi connectivity index (χ3v) is 3.45. The summed E-state index contributed by atoms with van der Waals surface area (Å²) in [7, 11) is -3.40. The molecular weight excluding hydrogens is 220 g/mol. The fourth-order valence-corrected chi connectivity index (χ4v) is 2.38. The lowest BCUT2D eigenvalue weighted by atomic mass is 10.5. The van der Waals surface area contributed by atoms with Crippen LogP contribution < -0.4 is 10.5 Å². The van der Waals surface area contributed by atoms with Crippen molar-refractivity contribution in [2.75, 3.05) is 12.4 Å². The van der Waals surface area contributed by atoms with Gasteiger partial charge >= 0.3 is 5.97 Å². The van der Waals surface area contributed by atoms with Gasteiger partial charge in [-0.2, -0.15) is 0 Å². The van der Waals surface area contributed by atoms with Crippen LogP contribution in [-0.4, -0.2) is 38.8 Å². The fourth-order valence-electron chi connectivity index (χ4n) is 1.09. The Morgan fingerprint density at radius 1 is 1.60 bits per heavy atom. The fraction of sp³-hybridized carbons (Fsp3) is 0.875. The predicted octanol–water partition coefficient (Wildman–Crippen LogP) is -1.04. The van der Waals surface area contributed by atoms with Crippen LogP contribution in [0.5, 0.6) is 0 Å². The van der Waals surface area contributed by atoms with Crippen LogP contribution in [0.4, 0.5) is 0 Å². The van der Waals surface area contributed by atoms with Gasteiger partial charge in [0.1, 0.15) is 0 Å². The highest BCUT2D eigenvalue weighted by Crippen LogP contribution is 2.18. The molecule has 0 aliphatic heterocycles. The average Bonchev–Trinajstić information content (AvgIpc) is 2.78. The first-order chi connectivity index (χ1) is 6.94. The topological polar surface area (TPSA) is 98.5 Å². The van der Waals surface area contributed by atoms with Crippen LogP contribution >= 0.6 is 0 Å². The van der Waals surface area contributed by atoms with E-state index in [0.717, 1.165) is 0 Å². The van der Waals surface area contributed by atoms with E-state index >= 15 is 0 Å². The van der Waals surface area contributed by atoms with Gasteiger partial charge in [0.05, 0.1) is 18.8 Å². The van der Waals surface area contributed by atoms with Gasteiger partial charge in [0.25, 0.3) is 0 Å². The van der Waals surface area contributed by atoms with Crippen LogP contribution in [0, 0.1) is 0 Å². The van der Waals surface area contributed by atoms with Crippen molar-refractivity contribution in [2.45, 2.75) is 31.8 Å². The van der Waals surface area contributed by atoms with Gasteiger partial charge < -0.3 is 10.5 Å². The smallest absolute Gasteiger partial charge is 0.306 e. The summed E-state index contributed by atoms with van der Waals surface area (Å²) in [5.41, 5.74) is 5.46. The molecule has 2 unspecified atom stereocenters. The average molecular weight is 236 g/mol. The molecule has 0 aromatic heterocycles. The lowest BCUT2D eigenvalue weighted by Gasteiger charge is -2.05. The summed E-state index contributed by atoms with van der Waals surface area (Å²) in [6.45, 7) is 1.94. The number of nitrogens with one attached hydrogen (secondary N) is 1. The minimum Gasteiger partial charge on any atom is -0.466 e. The highest BCUT2D eigenvalue weighted by Gasteiger charge is 2.36. The number of hydrogen-bond acceptors (Lipinski definition) is 5. The van der Waals surface area contributed by atoms with E-state index in [1.807, 2.05) is 0 Å². The van der Waals surface area contributed by atoms with E-state index in [-0.39, 0.29) is 30.9 Å². The Bertz CT molecular complexity index is 328. The van der Waals surface area contributed by atoms with Crippen molar-refractivity contribution in [2.24, 2.45) is 5.73 Å². The summed E-state index contributed by atoms with van der Waals surface area (Å²) in [5, 5.41) is 0. The summed E-state index contributed by atoms with van der Waals surface area (Å²) in [5.74, 6) is -0.738. The summed E-state index contributed by atoms with van der Waals surface area (Å²) in [6.07, 6.45) is 0.545. The van der Waals surface area contributed by atoms with E-state index in [4.69, 9.17) is 5.73 Å². The van der Waals surface area contributed by atoms with Gasteiger partial charge in [-0.3, -0.25) is 4.79 Å². The van der Waals surface area contributed by atoms with Crippen molar-refractivity contribution in [3.05, 3.63) is 0 Å². The second-order valence-corrected chi connectivity index (χ2v) is 5.37. The second-order valence-electron chi connectivity index (χ2n) is 3.50. The molecule has 88 valence electrons. The Morgan fingerprint density at radius 3 is 2.67 bits per heavy atom. The molecule has 3 N–H and O–H groups in total. The summed E-state index contributed by atoms with van der Waals surface area (Å²) in [4.78, 5) is 10.9. The number of ether oxygens (including phenoxy) is 1. The van der Waals surface area contributed by atoms with Crippen LogP contribution in [0.1, 0.15) is 19.8 Å². The van der Waals surface area contributed by atoms with Crippen molar-refractivity contribution < 1.29 is 17.9 Å². The van der Waals surface area contributed by atoms with Crippen molar-refractivity contribution >= 4 is 16.0 Å². The Kier molecular flexibility index (Phi) is 4.06. The largest absolute Gasteiger partial charge is 0.466 e. The molecule has 0 saturated heterocycles. The molecule has 1 saturated carbocycles. The predicted molar refractivity (Wildman–Crippen MR) is 54.6 cm³/mol. The van der Waals surface area contributed by atoms with Crippen LogP contribution in [0.3, 0.4) is 0 Å². The van der Waals surface area contributed by atoms with E-state index in [1.165, 1.54) is 0 Å². The third kappa shape index (κ3) is 4.59. The molecule has 7 heteroatoms. The van der Waals surface area contributed by atoms with Gasteiger partial charge in [-0.05, 0) is 13.3 Å².